The molecule has 0 unspecified atom stereocenters. The Labute approximate surface area is 117 Å². The summed E-state index contributed by atoms with van der Waals surface area (Å²) in [5.74, 6) is 0.301. The van der Waals surface area contributed by atoms with Crippen molar-refractivity contribution in [1.82, 2.24) is 20.8 Å². The molecular weight excluding hydrogens is 256 g/mol. The molecule has 0 aliphatic heterocycles. The van der Waals surface area contributed by atoms with E-state index in [2.05, 4.69) is 27.7 Å². The van der Waals surface area contributed by atoms with Gasteiger partial charge in [0.25, 0.3) is 5.91 Å². The number of nitrogens with zero attached hydrogens (tertiary/aromatic N) is 2. The van der Waals surface area contributed by atoms with Crippen LogP contribution in [0, 0.1) is 0 Å². The Morgan fingerprint density at radius 1 is 1.35 bits per heavy atom. The third-order valence-corrected chi connectivity index (χ3v) is 2.70. The van der Waals surface area contributed by atoms with Crippen LogP contribution < -0.4 is 10.6 Å². The molecule has 0 fully saturated rings. The predicted octanol–water partition coefficient (Wildman–Crippen LogP) is 1.47. The number of carbonyl (C=O) groups is 1. The number of carbonyl (C=O) groups excluding carboxylic acids is 1. The highest BCUT2D eigenvalue weighted by Gasteiger charge is 2.12. The Morgan fingerprint density at radius 3 is 3.00 bits per heavy atom. The SMILES string of the molecule is CCCNCCNC(=O)c1cc(-c2cccnc2)on1. The van der Waals surface area contributed by atoms with Gasteiger partial charge in [-0.2, -0.15) is 0 Å². The summed E-state index contributed by atoms with van der Waals surface area (Å²) in [6, 6.07) is 5.27. The molecular formula is C14H18N4O2. The molecule has 0 saturated heterocycles. The van der Waals surface area contributed by atoms with Crippen LogP contribution >= 0.6 is 0 Å². The molecule has 6 heteroatoms. The highest BCUT2D eigenvalue weighted by molar-refractivity contribution is 5.93. The molecule has 0 aliphatic rings. The van der Waals surface area contributed by atoms with Crippen LogP contribution in [0.4, 0.5) is 0 Å². The fourth-order valence-corrected chi connectivity index (χ4v) is 1.68. The van der Waals surface area contributed by atoms with Gasteiger partial charge in [-0.1, -0.05) is 12.1 Å². The summed E-state index contributed by atoms with van der Waals surface area (Å²) in [5.41, 5.74) is 1.07. The first-order valence-corrected chi connectivity index (χ1v) is 6.67. The van der Waals surface area contributed by atoms with Crippen molar-refractivity contribution in [2.45, 2.75) is 13.3 Å². The average molecular weight is 274 g/mol. The molecule has 0 saturated carbocycles. The molecule has 0 bridgehead atoms. The number of aromatic nitrogens is 2. The highest BCUT2D eigenvalue weighted by atomic mass is 16.5. The first-order valence-electron chi connectivity index (χ1n) is 6.67. The molecule has 2 aromatic rings. The van der Waals surface area contributed by atoms with Crippen LogP contribution in [0.1, 0.15) is 23.8 Å². The molecule has 0 atom stereocenters. The Kier molecular flexibility index (Phi) is 5.25. The Morgan fingerprint density at radius 2 is 2.25 bits per heavy atom. The lowest BCUT2D eigenvalue weighted by atomic mass is 10.2. The maximum Gasteiger partial charge on any atom is 0.273 e. The van der Waals surface area contributed by atoms with E-state index in [1.807, 2.05) is 6.07 Å². The maximum absolute atomic E-state index is 11.8. The van der Waals surface area contributed by atoms with Gasteiger partial charge in [-0.3, -0.25) is 9.78 Å². The van der Waals surface area contributed by atoms with Crippen LogP contribution in [-0.2, 0) is 0 Å². The number of nitrogens with one attached hydrogen (secondary N) is 2. The van der Waals surface area contributed by atoms with Crippen molar-refractivity contribution in [2.75, 3.05) is 19.6 Å². The molecule has 0 spiro atoms. The topological polar surface area (TPSA) is 80.0 Å². The minimum Gasteiger partial charge on any atom is -0.355 e. The van der Waals surface area contributed by atoms with Gasteiger partial charge in [0.2, 0.25) is 0 Å². The second-order valence-corrected chi connectivity index (χ2v) is 4.32. The monoisotopic (exact) mass is 274 g/mol. The second-order valence-electron chi connectivity index (χ2n) is 4.32. The quantitative estimate of drug-likeness (QED) is 0.747. The first kappa shape index (κ1) is 14.2. The van der Waals surface area contributed by atoms with Crippen molar-refractivity contribution in [2.24, 2.45) is 0 Å². The summed E-state index contributed by atoms with van der Waals surface area (Å²) in [4.78, 5) is 15.8. The number of hydrogen-bond donors (Lipinski definition) is 2. The minimum atomic E-state index is -0.234. The Hall–Kier alpha value is -2.21. The fraction of sp³-hybridized carbons (Fsp3) is 0.357. The van der Waals surface area contributed by atoms with Gasteiger partial charge < -0.3 is 15.2 Å². The van der Waals surface area contributed by atoms with Gasteiger partial charge in [0, 0.05) is 37.1 Å². The lowest BCUT2D eigenvalue weighted by Crippen LogP contribution is -2.32. The van der Waals surface area contributed by atoms with Crippen LogP contribution in [0.5, 0.6) is 0 Å². The molecule has 0 aromatic carbocycles. The zero-order valence-corrected chi connectivity index (χ0v) is 11.4. The van der Waals surface area contributed by atoms with E-state index < -0.39 is 0 Å². The third-order valence-electron chi connectivity index (χ3n) is 2.70. The summed E-state index contributed by atoms with van der Waals surface area (Å²) in [7, 11) is 0. The van der Waals surface area contributed by atoms with E-state index in [1.54, 1.807) is 24.5 Å². The highest BCUT2D eigenvalue weighted by Crippen LogP contribution is 2.18. The van der Waals surface area contributed by atoms with Crippen molar-refractivity contribution in [3.8, 4) is 11.3 Å². The zero-order chi connectivity index (χ0) is 14.2. The number of rotatable bonds is 7. The van der Waals surface area contributed by atoms with Gasteiger partial charge >= 0.3 is 0 Å². The smallest absolute Gasteiger partial charge is 0.273 e. The van der Waals surface area contributed by atoms with Crippen molar-refractivity contribution in [1.29, 1.82) is 0 Å². The molecule has 2 N–H and O–H groups in total. The molecule has 2 heterocycles. The zero-order valence-electron chi connectivity index (χ0n) is 11.4. The van der Waals surface area contributed by atoms with Crippen LogP contribution in [0.25, 0.3) is 11.3 Å². The summed E-state index contributed by atoms with van der Waals surface area (Å²) < 4.78 is 5.15. The maximum atomic E-state index is 11.8. The Balaban J connectivity index is 1.87. The van der Waals surface area contributed by atoms with Crippen LogP contribution in [0.3, 0.4) is 0 Å². The van der Waals surface area contributed by atoms with E-state index in [9.17, 15) is 4.79 Å². The normalized spacial score (nSPS) is 10.4. The summed E-state index contributed by atoms with van der Waals surface area (Å²) in [6.07, 6.45) is 4.42. The van der Waals surface area contributed by atoms with Crippen molar-refractivity contribution >= 4 is 5.91 Å². The van der Waals surface area contributed by atoms with Crippen molar-refractivity contribution < 1.29 is 9.32 Å². The standard InChI is InChI=1S/C14H18N4O2/c1-2-5-15-7-8-17-14(19)12-9-13(20-18-12)11-4-3-6-16-10-11/h3-4,6,9-10,15H,2,5,7-8H2,1H3,(H,17,19). The third kappa shape index (κ3) is 3.89. The lowest BCUT2D eigenvalue weighted by Gasteiger charge is -2.03. The number of hydrogen-bond acceptors (Lipinski definition) is 5. The fourth-order valence-electron chi connectivity index (χ4n) is 1.68. The van der Waals surface area contributed by atoms with Gasteiger partial charge in [0.15, 0.2) is 11.5 Å². The summed E-state index contributed by atoms with van der Waals surface area (Å²) in [6.45, 7) is 4.35. The van der Waals surface area contributed by atoms with Crippen molar-refractivity contribution in [3.63, 3.8) is 0 Å². The van der Waals surface area contributed by atoms with E-state index >= 15 is 0 Å². The van der Waals surface area contributed by atoms with Gasteiger partial charge in [0.1, 0.15) is 0 Å². The van der Waals surface area contributed by atoms with Crippen LogP contribution in [0.15, 0.2) is 35.1 Å². The van der Waals surface area contributed by atoms with E-state index in [-0.39, 0.29) is 11.6 Å². The van der Waals surface area contributed by atoms with E-state index in [0.717, 1.165) is 25.1 Å². The molecule has 1 amide bonds. The molecule has 2 aromatic heterocycles. The predicted molar refractivity (Wildman–Crippen MR) is 75.2 cm³/mol. The minimum absolute atomic E-state index is 0.234. The van der Waals surface area contributed by atoms with Gasteiger partial charge in [-0.25, -0.2) is 0 Å². The molecule has 0 aliphatic carbocycles. The van der Waals surface area contributed by atoms with E-state index in [1.165, 1.54) is 0 Å². The first-order chi connectivity index (χ1) is 9.81. The van der Waals surface area contributed by atoms with Gasteiger partial charge in [-0.15, -0.1) is 0 Å². The molecule has 106 valence electrons. The van der Waals surface area contributed by atoms with E-state index in [4.69, 9.17) is 4.52 Å². The average Bonchev–Trinajstić information content (AvgIpc) is 2.98. The van der Waals surface area contributed by atoms with E-state index in [0.29, 0.717) is 12.3 Å². The molecule has 0 radical (unpaired) electrons. The molecule has 2 rings (SSSR count). The van der Waals surface area contributed by atoms with Crippen LogP contribution in [-0.4, -0.2) is 35.7 Å². The number of pyridine rings is 1. The summed E-state index contributed by atoms with van der Waals surface area (Å²) in [5, 5.41) is 9.76. The van der Waals surface area contributed by atoms with Crippen molar-refractivity contribution in [3.05, 3.63) is 36.3 Å². The Bertz CT molecular complexity index is 539. The largest absolute Gasteiger partial charge is 0.355 e. The second kappa shape index (κ2) is 7.40. The van der Waals surface area contributed by atoms with Gasteiger partial charge in [0.05, 0.1) is 0 Å². The summed E-state index contributed by atoms with van der Waals surface area (Å²) >= 11 is 0. The molecule has 20 heavy (non-hydrogen) atoms. The molecule has 6 nitrogen and oxygen atoms in total. The van der Waals surface area contributed by atoms with Crippen LogP contribution in [0.2, 0.25) is 0 Å². The van der Waals surface area contributed by atoms with Gasteiger partial charge in [-0.05, 0) is 25.1 Å². The lowest BCUT2D eigenvalue weighted by molar-refractivity contribution is 0.0945. The number of amides is 1.